The summed E-state index contributed by atoms with van der Waals surface area (Å²) in [5.74, 6) is 0. The summed E-state index contributed by atoms with van der Waals surface area (Å²) in [5, 5.41) is 4.21. The molecular weight excluding hydrogens is 310 g/mol. The van der Waals surface area contributed by atoms with Crippen molar-refractivity contribution in [2.24, 2.45) is 5.41 Å². The Balaban J connectivity index is 2.68. The van der Waals surface area contributed by atoms with Gasteiger partial charge in [-0.1, -0.05) is 54.7 Å². The highest BCUT2D eigenvalue weighted by Gasteiger charge is 2.15. The molecule has 18 heavy (non-hydrogen) atoms. The van der Waals surface area contributed by atoms with Crippen LogP contribution < -0.4 is 5.32 Å². The average molecular weight is 333 g/mol. The van der Waals surface area contributed by atoms with Gasteiger partial charge in [0.15, 0.2) is 0 Å². The van der Waals surface area contributed by atoms with E-state index in [4.69, 9.17) is 11.6 Å². The molecule has 0 heterocycles. The Morgan fingerprint density at radius 3 is 2.56 bits per heavy atom. The predicted octanol–water partition coefficient (Wildman–Crippen LogP) is 5.58. The van der Waals surface area contributed by atoms with Gasteiger partial charge >= 0.3 is 0 Å². The molecule has 0 radical (unpaired) electrons. The second-order valence-electron chi connectivity index (χ2n) is 5.96. The van der Waals surface area contributed by atoms with Crippen molar-refractivity contribution in [2.75, 3.05) is 7.05 Å². The van der Waals surface area contributed by atoms with Crippen molar-refractivity contribution in [1.29, 1.82) is 0 Å². The van der Waals surface area contributed by atoms with E-state index >= 15 is 0 Å². The number of hydrogen-bond donors (Lipinski definition) is 1. The maximum absolute atomic E-state index is 6.28. The summed E-state index contributed by atoms with van der Waals surface area (Å²) in [6, 6.07) is 6.38. The molecule has 0 amide bonds. The quantitative estimate of drug-likeness (QED) is 0.742. The zero-order chi connectivity index (χ0) is 13.8. The fraction of sp³-hybridized carbons (Fsp3) is 0.600. The van der Waals surface area contributed by atoms with Gasteiger partial charge in [0, 0.05) is 15.5 Å². The van der Waals surface area contributed by atoms with Crippen molar-refractivity contribution >= 4 is 27.5 Å². The van der Waals surface area contributed by atoms with E-state index in [2.05, 4.69) is 48.1 Å². The number of rotatable bonds is 5. The van der Waals surface area contributed by atoms with Crippen LogP contribution in [0.15, 0.2) is 22.7 Å². The summed E-state index contributed by atoms with van der Waals surface area (Å²) >= 11 is 9.79. The molecule has 0 saturated heterocycles. The molecule has 1 aromatic carbocycles. The smallest absolute Gasteiger partial charge is 0.0454 e. The van der Waals surface area contributed by atoms with Gasteiger partial charge in [0.1, 0.15) is 0 Å². The first kappa shape index (κ1) is 16.0. The van der Waals surface area contributed by atoms with Crippen LogP contribution in [0.5, 0.6) is 0 Å². The molecule has 1 rings (SSSR count). The van der Waals surface area contributed by atoms with E-state index in [-0.39, 0.29) is 0 Å². The fourth-order valence-electron chi connectivity index (χ4n) is 2.07. The molecular formula is C15H23BrClN. The van der Waals surface area contributed by atoms with Gasteiger partial charge < -0.3 is 5.32 Å². The van der Waals surface area contributed by atoms with Crippen LogP contribution in [0.25, 0.3) is 0 Å². The van der Waals surface area contributed by atoms with E-state index in [1.54, 1.807) is 0 Å². The minimum atomic E-state index is 0.331. The lowest BCUT2D eigenvalue weighted by Gasteiger charge is -2.22. The average Bonchev–Trinajstić information content (AvgIpc) is 2.27. The highest BCUT2D eigenvalue weighted by Crippen LogP contribution is 2.31. The molecule has 1 atom stereocenters. The van der Waals surface area contributed by atoms with Gasteiger partial charge in [0.2, 0.25) is 0 Å². The third-order valence-corrected chi connectivity index (χ3v) is 3.94. The van der Waals surface area contributed by atoms with Crippen molar-refractivity contribution in [3.8, 4) is 0 Å². The van der Waals surface area contributed by atoms with E-state index in [1.807, 2.05) is 19.2 Å². The molecule has 0 aliphatic rings. The molecule has 1 unspecified atom stereocenters. The normalized spacial score (nSPS) is 13.7. The van der Waals surface area contributed by atoms with Crippen LogP contribution in [-0.2, 0) is 0 Å². The van der Waals surface area contributed by atoms with Gasteiger partial charge in [-0.3, -0.25) is 0 Å². The zero-order valence-electron chi connectivity index (χ0n) is 11.7. The van der Waals surface area contributed by atoms with E-state index in [9.17, 15) is 0 Å². The van der Waals surface area contributed by atoms with Crippen LogP contribution in [0.3, 0.4) is 0 Å². The van der Waals surface area contributed by atoms with Gasteiger partial charge in [-0.2, -0.15) is 0 Å². The molecule has 0 aliphatic heterocycles. The number of hydrogen-bond acceptors (Lipinski definition) is 1. The van der Waals surface area contributed by atoms with Crippen molar-refractivity contribution < 1.29 is 0 Å². The Bertz CT molecular complexity index is 385. The van der Waals surface area contributed by atoms with Crippen LogP contribution >= 0.6 is 27.5 Å². The summed E-state index contributed by atoms with van der Waals surface area (Å²) in [7, 11) is 2.00. The molecule has 1 aromatic rings. The van der Waals surface area contributed by atoms with Crippen molar-refractivity contribution in [3.63, 3.8) is 0 Å². The maximum Gasteiger partial charge on any atom is 0.0454 e. The first-order valence-electron chi connectivity index (χ1n) is 6.46. The van der Waals surface area contributed by atoms with Crippen LogP contribution in [0.2, 0.25) is 5.02 Å². The first-order chi connectivity index (χ1) is 8.33. The van der Waals surface area contributed by atoms with Crippen molar-refractivity contribution in [2.45, 2.75) is 46.1 Å². The largest absolute Gasteiger partial charge is 0.313 e. The summed E-state index contributed by atoms with van der Waals surface area (Å²) in [6.45, 7) is 6.86. The van der Waals surface area contributed by atoms with Crippen LogP contribution in [0.4, 0.5) is 0 Å². The minimum Gasteiger partial charge on any atom is -0.313 e. The molecule has 0 saturated carbocycles. The molecule has 102 valence electrons. The SMILES string of the molecule is CNC(CCCC(C)(C)C)c1cc(Br)ccc1Cl. The lowest BCUT2D eigenvalue weighted by atomic mass is 9.88. The number of benzene rings is 1. The second-order valence-corrected chi connectivity index (χ2v) is 7.28. The van der Waals surface area contributed by atoms with E-state index < -0.39 is 0 Å². The summed E-state index contributed by atoms with van der Waals surface area (Å²) < 4.78 is 1.08. The second kappa shape index (κ2) is 6.93. The summed E-state index contributed by atoms with van der Waals surface area (Å²) in [6.07, 6.45) is 3.55. The highest BCUT2D eigenvalue weighted by atomic mass is 79.9. The van der Waals surface area contributed by atoms with E-state index in [0.717, 1.165) is 15.9 Å². The first-order valence-corrected chi connectivity index (χ1v) is 7.63. The van der Waals surface area contributed by atoms with Gasteiger partial charge in [-0.05, 0) is 49.1 Å². The molecule has 1 N–H and O–H groups in total. The van der Waals surface area contributed by atoms with E-state index in [1.165, 1.54) is 18.4 Å². The molecule has 0 fully saturated rings. The Kier molecular flexibility index (Phi) is 6.16. The lowest BCUT2D eigenvalue weighted by Crippen LogP contribution is -2.17. The van der Waals surface area contributed by atoms with Gasteiger partial charge in [-0.25, -0.2) is 0 Å². The predicted molar refractivity (Wildman–Crippen MR) is 84.3 cm³/mol. The lowest BCUT2D eigenvalue weighted by molar-refractivity contribution is 0.347. The van der Waals surface area contributed by atoms with Crippen LogP contribution in [-0.4, -0.2) is 7.05 Å². The molecule has 0 spiro atoms. The Hall–Kier alpha value is -0.0500. The molecule has 0 aromatic heterocycles. The maximum atomic E-state index is 6.28. The molecule has 1 nitrogen and oxygen atoms in total. The molecule has 0 bridgehead atoms. The third kappa shape index (κ3) is 5.29. The van der Waals surface area contributed by atoms with Crippen LogP contribution in [0, 0.1) is 5.41 Å². The van der Waals surface area contributed by atoms with Crippen molar-refractivity contribution in [3.05, 3.63) is 33.3 Å². The number of halogens is 2. The highest BCUT2D eigenvalue weighted by molar-refractivity contribution is 9.10. The third-order valence-electron chi connectivity index (χ3n) is 3.10. The summed E-state index contributed by atoms with van der Waals surface area (Å²) in [5.41, 5.74) is 1.58. The van der Waals surface area contributed by atoms with E-state index in [0.29, 0.717) is 11.5 Å². The van der Waals surface area contributed by atoms with Crippen LogP contribution in [0.1, 0.15) is 51.6 Å². The van der Waals surface area contributed by atoms with Gasteiger partial charge in [0.25, 0.3) is 0 Å². The Labute approximate surface area is 124 Å². The molecule has 0 aliphatic carbocycles. The standard InChI is InChI=1S/C15H23BrClN/c1-15(2,3)9-5-6-14(18-4)12-10-11(16)7-8-13(12)17/h7-8,10,14,18H,5-6,9H2,1-4H3. The summed E-state index contributed by atoms with van der Waals surface area (Å²) in [4.78, 5) is 0. The topological polar surface area (TPSA) is 12.0 Å². The monoisotopic (exact) mass is 331 g/mol. The number of nitrogens with one attached hydrogen (secondary N) is 1. The van der Waals surface area contributed by atoms with Gasteiger partial charge in [0.05, 0.1) is 0 Å². The fourth-order valence-corrected chi connectivity index (χ4v) is 2.70. The minimum absolute atomic E-state index is 0.331. The zero-order valence-corrected chi connectivity index (χ0v) is 14.0. The van der Waals surface area contributed by atoms with Crippen molar-refractivity contribution in [1.82, 2.24) is 5.32 Å². The Morgan fingerprint density at radius 1 is 1.33 bits per heavy atom. The van der Waals surface area contributed by atoms with Gasteiger partial charge in [-0.15, -0.1) is 0 Å². The molecule has 3 heteroatoms. The Morgan fingerprint density at radius 2 is 2.00 bits per heavy atom.